The van der Waals surface area contributed by atoms with E-state index in [9.17, 15) is 10.1 Å². The van der Waals surface area contributed by atoms with E-state index in [0.717, 1.165) is 31.7 Å². The second kappa shape index (κ2) is 5.30. The van der Waals surface area contributed by atoms with Crippen LogP contribution in [0.5, 0.6) is 0 Å². The molecule has 1 fully saturated rings. The highest BCUT2D eigenvalue weighted by Crippen LogP contribution is 2.26. The topological polar surface area (TPSA) is 71.3 Å². The first kappa shape index (κ1) is 12.8. The Kier molecular flexibility index (Phi) is 3.76. The van der Waals surface area contributed by atoms with Crippen molar-refractivity contribution in [1.82, 2.24) is 10.3 Å². The van der Waals surface area contributed by atoms with Crippen molar-refractivity contribution in [2.75, 3.05) is 25.0 Å². The van der Waals surface area contributed by atoms with Gasteiger partial charge >= 0.3 is 0 Å². The summed E-state index contributed by atoms with van der Waals surface area (Å²) in [7, 11) is 1.94. The SMILES string of the molecule is CNCC1CCCN1c1ccc([N+](=O)[O-])c(C)n1. The molecule has 98 valence electrons. The van der Waals surface area contributed by atoms with Crippen molar-refractivity contribution in [3.8, 4) is 0 Å². The maximum absolute atomic E-state index is 10.8. The van der Waals surface area contributed by atoms with Crippen LogP contribution in [-0.4, -0.2) is 36.1 Å². The Hall–Kier alpha value is -1.69. The fourth-order valence-electron chi connectivity index (χ4n) is 2.48. The molecule has 0 aliphatic carbocycles. The van der Waals surface area contributed by atoms with Crippen LogP contribution in [0.4, 0.5) is 11.5 Å². The molecule has 2 rings (SSSR count). The van der Waals surface area contributed by atoms with Gasteiger partial charge < -0.3 is 10.2 Å². The molecule has 0 aromatic carbocycles. The van der Waals surface area contributed by atoms with E-state index in [0.29, 0.717) is 11.7 Å². The lowest BCUT2D eigenvalue weighted by Crippen LogP contribution is -2.37. The van der Waals surface area contributed by atoms with E-state index in [1.807, 2.05) is 7.05 Å². The fourth-order valence-corrected chi connectivity index (χ4v) is 2.48. The third kappa shape index (κ3) is 2.43. The molecule has 1 aliphatic rings. The summed E-state index contributed by atoms with van der Waals surface area (Å²) in [4.78, 5) is 17.0. The highest BCUT2D eigenvalue weighted by molar-refractivity contribution is 5.48. The minimum Gasteiger partial charge on any atom is -0.352 e. The van der Waals surface area contributed by atoms with E-state index in [-0.39, 0.29) is 10.6 Å². The molecule has 1 saturated heterocycles. The molecule has 1 unspecified atom stereocenters. The number of nitro groups is 1. The van der Waals surface area contributed by atoms with Gasteiger partial charge in [-0.1, -0.05) is 0 Å². The molecule has 2 heterocycles. The van der Waals surface area contributed by atoms with E-state index < -0.39 is 0 Å². The van der Waals surface area contributed by atoms with Gasteiger partial charge in [-0.25, -0.2) is 4.98 Å². The number of hydrogen-bond acceptors (Lipinski definition) is 5. The summed E-state index contributed by atoms with van der Waals surface area (Å²) in [6, 6.07) is 3.73. The molecule has 1 N–H and O–H groups in total. The summed E-state index contributed by atoms with van der Waals surface area (Å²) in [6.07, 6.45) is 2.28. The zero-order valence-electron chi connectivity index (χ0n) is 10.7. The molecule has 0 spiro atoms. The van der Waals surface area contributed by atoms with Gasteiger partial charge in [0.25, 0.3) is 5.69 Å². The monoisotopic (exact) mass is 250 g/mol. The molecule has 0 bridgehead atoms. The third-order valence-corrected chi connectivity index (χ3v) is 3.35. The number of pyridine rings is 1. The van der Waals surface area contributed by atoms with E-state index >= 15 is 0 Å². The van der Waals surface area contributed by atoms with Gasteiger partial charge in [0.2, 0.25) is 0 Å². The highest BCUT2D eigenvalue weighted by Gasteiger charge is 2.26. The van der Waals surface area contributed by atoms with E-state index in [1.165, 1.54) is 0 Å². The largest absolute Gasteiger partial charge is 0.352 e. The molecule has 0 radical (unpaired) electrons. The van der Waals surface area contributed by atoms with Crippen molar-refractivity contribution in [3.05, 3.63) is 27.9 Å². The van der Waals surface area contributed by atoms with Gasteiger partial charge in [-0.2, -0.15) is 0 Å². The number of likely N-dealkylation sites (N-methyl/N-ethyl adjacent to an activating group) is 1. The zero-order valence-corrected chi connectivity index (χ0v) is 10.7. The van der Waals surface area contributed by atoms with Crippen LogP contribution in [0, 0.1) is 17.0 Å². The Bertz CT molecular complexity index is 450. The van der Waals surface area contributed by atoms with Gasteiger partial charge in [0.15, 0.2) is 0 Å². The molecule has 6 heteroatoms. The van der Waals surface area contributed by atoms with Crippen molar-refractivity contribution in [3.63, 3.8) is 0 Å². The lowest BCUT2D eigenvalue weighted by atomic mass is 10.2. The van der Waals surface area contributed by atoms with Crippen LogP contribution in [0.3, 0.4) is 0 Å². The van der Waals surface area contributed by atoms with Crippen molar-refractivity contribution in [2.45, 2.75) is 25.8 Å². The van der Waals surface area contributed by atoms with Crippen LogP contribution in [0.15, 0.2) is 12.1 Å². The predicted molar refractivity (Wildman–Crippen MR) is 69.9 cm³/mol. The molecule has 1 aromatic rings. The second-order valence-corrected chi connectivity index (χ2v) is 4.58. The molecule has 1 aromatic heterocycles. The first-order chi connectivity index (χ1) is 8.63. The quantitative estimate of drug-likeness (QED) is 0.647. The lowest BCUT2D eigenvalue weighted by Gasteiger charge is -2.25. The Morgan fingerprint density at radius 3 is 3.00 bits per heavy atom. The number of rotatable bonds is 4. The van der Waals surface area contributed by atoms with Gasteiger partial charge in [-0.15, -0.1) is 0 Å². The van der Waals surface area contributed by atoms with Crippen LogP contribution in [0.2, 0.25) is 0 Å². The van der Waals surface area contributed by atoms with Crippen molar-refractivity contribution < 1.29 is 4.92 Å². The van der Waals surface area contributed by atoms with E-state index in [1.54, 1.807) is 19.1 Å². The van der Waals surface area contributed by atoms with E-state index in [4.69, 9.17) is 0 Å². The van der Waals surface area contributed by atoms with Gasteiger partial charge in [-0.3, -0.25) is 10.1 Å². The molecule has 0 amide bonds. The molecule has 6 nitrogen and oxygen atoms in total. The maximum Gasteiger partial charge on any atom is 0.290 e. The summed E-state index contributed by atoms with van der Waals surface area (Å²) in [5.41, 5.74) is 0.565. The van der Waals surface area contributed by atoms with Crippen LogP contribution in [0.1, 0.15) is 18.5 Å². The summed E-state index contributed by atoms with van der Waals surface area (Å²) >= 11 is 0. The number of anilines is 1. The van der Waals surface area contributed by atoms with Gasteiger partial charge in [0.05, 0.1) is 4.92 Å². The van der Waals surface area contributed by atoms with Crippen LogP contribution >= 0.6 is 0 Å². The maximum atomic E-state index is 10.8. The molecule has 1 atom stereocenters. The number of nitrogens with one attached hydrogen (secondary N) is 1. The van der Waals surface area contributed by atoms with Gasteiger partial charge in [0, 0.05) is 25.2 Å². The summed E-state index contributed by atoms with van der Waals surface area (Å²) in [6.45, 7) is 3.57. The Labute approximate surface area is 106 Å². The van der Waals surface area contributed by atoms with Crippen molar-refractivity contribution >= 4 is 11.5 Å². The predicted octanol–water partition coefficient (Wildman–Crippen LogP) is 1.49. The summed E-state index contributed by atoms with van der Waals surface area (Å²) < 4.78 is 0. The van der Waals surface area contributed by atoms with Crippen LogP contribution in [0.25, 0.3) is 0 Å². The average Bonchev–Trinajstić information content (AvgIpc) is 2.77. The molecule has 1 aliphatic heterocycles. The van der Waals surface area contributed by atoms with Crippen molar-refractivity contribution in [2.24, 2.45) is 0 Å². The average molecular weight is 250 g/mol. The molecule has 18 heavy (non-hydrogen) atoms. The summed E-state index contributed by atoms with van der Waals surface area (Å²) in [5, 5.41) is 13.9. The first-order valence-electron chi connectivity index (χ1n) is 6.16. The van der Waals surface area contributed by atoms with Gasteiger partial charge in [0.1, 0.15) is 11.5 Å². The Balaban J connectivity index is 2.23. The highest BCUT2D eigenvalue weighted by atomic mass is 16.6. The van der Waals surface area contributed by atoms with Crippen molar-refractivity contribution in [1.29, 1.82) is 0 Å². The molecule has 0 saturated carbocycles. The standard InChI is InChI=1S/C12H18N4O2/c1-9-11(16(17)18)5-6-12(14-9)15-7-3-4-10(15)8-13-2/h5-6,10,13H,3-4,7-8H2,1-2H3. The molecular weight excluding hydrogens is 232 g/mol. The lowest BCUT2D eigenvalue weighted by molar-refractivity contribution is -0.385. The third-order valence-electron chi connectivity index (χ3n) is 3.35. The van der Waals surface area contributed by atoms with Gasteiger partial charge in [-0.05, 0) is 32.9 Å². The number of hydrogen-bond donors (Lipinski definition) is 1. The number of nitrogens with zero attached hydrogens (tertiary/aromatic N) is 3. The minimum absolute atomic E-state index is 0.0862. The molecular formula is C12H18N4O2. The number of aromatic nitrogens is 1. The van der Waals surface area contributed by atoms with E-state index in [2.05, 4.69) is 15.2 Å². The normalized spacial score (nSPS) is 19.2. The zero-order chi connectivity index (χ0) is 13.1. The fraction of sp³-hybridized carbons (Fsp3) is 0.583. The summed E-state index contributed by atoms with van der Waals surface area (Å²) in [5.74, 6) is 0.843. The van der Waals surface area contributed by atoms with Crippen LogP contribution < -0.4 is 10.2 Å². The smallest absolute Gasteiger partial charge is 0.290 e. The Morgan fingerprint density at radius 2 is 2.39 bits per heavy atom. The second-order valence-electron chi connectivity index (χ2n) is 4.58. The minimum atomic E-state index is -0.388. The van der Waals surface area contributed by atoms with Crippen LogP contribution in [-0.2, 0) is 0 Å². The first-order valence-corrected chi connectivity index (χ1v) is 6.16. The Morgan fingerprint density at radius 1 is 1.61 bits per heavy atom. The number of aryl methyl sites for hydroxylation is 1.